The number of urea groups is 1. The fourth-order valence-corrected chi connectivity index (χ4v) is 2.12. The van der Waals surface area contributed by atoms with E-state index in [1.165, 1.54) is 38.2 Å². The highest BCUT2D eigenvalue weighted by Gasteiger charge is 2.29. The minimum absolute atomic E-state index is 0.270. The van der Waals surface area contributed by atoms with Crippen molar-refractivity contribution >= 4 is 17.9 Å². The number of hydrogen-bond donors (Lipinski definition) is 2. The number of ether oxygens (including phenoxy) is 2. The average molecular weight is 374 g/mol. The van der Waals surface area contributed by atoms with Crippen molar-refractivity contribution in [3.63, 3.8) is 0 Å². The molecule has 0 spiro atoms. The first-order chi connectivity index (χ1) is 12.9. The molecule has 0 aliphatic rings. The minimum atomic E-state index is -1.34. The van der Waals surface area contributed by atoms with Crippen LogP contribution in [0.1, 0.15) is 18.6 Å². The number of esters is 1. The van der Waals surface area contributed by atoms with E-state index in [0.29, 0.717) is 5.56 Å². The lowest BCUT2D eigenvalue weighted by molar-refractivity contribution is -0.162. The monoisotopic (exact) mass is 374 g/mol. The van der Waals surface area contributed by atoms with Crippen molar-refractivity contribution in [1.82, 2.24) is 10.6 Å². The number of hydrogen-bond acceptors (Lipinski definition) is 5. The van der Waals surface area contributed by atoms with Crippen LogP contribution in [-0.4, -0.2) is 31.1 Å². The summed E-state index contributed by atoms with van der Waals surface area (Å²) in [6, 6.07) is 12.6. The van der Waals surface area contributed by atoms with Gasteiger partial charge in [-0.3, -0.25) is 10.1 Å². The van der Waals surface area contributed by atoms with E-state index in [1.807, 2.05) is 0 Å². The van der Waals surface area contributed by atoms with E-state index in [4.69, 9.17) is 9.47 Å². The first kappa shape index (κ1) is 19.9. The molecular formula is C19H19FN2O5. The molecule has 142 valence electrons. The molecule has 3 amide bonds. The molecule has 27 heavy (non-hydrogen) atoms. The zero-order valence-corrected chi connectivity index (χ0v) is 14.8. The number of benzene rings is 2. The van der Waals surface area contributed by atoms with E-state index < -0.39 is 35.9 Å². The van der Waals surface area contributed by atoms with Gasteiger partial charge in [0.1, 0.15) is 11.6 Å². The molecule has 0 bridgehead atoms. The van der Waals surface area contributed by atoms with Crippen molar-refractivity contribution in [3.8, 4) is 5.75 Å². The van der Waals surface area contributed by atoms with Crippen LogP contribution in [0.3, 0.4) is 0 Å². The van der Waals surface area contributed by atoms with Crippen molar-refractivity contribution in [2.45, 2.75) is 19.1 Å². The summed E-state index contributed by atoms with van der Waals surface area (Å²) in [5, 5.41) is 4.33. The summed E-state index contributed by atoms with van der Waals surface area (Å²) in [5.41, 5.74) is 0.390. The molecule has 0 unspecified atom stereocenters. The number of halogens is 1. The van der Waals surface area contributed by atoms with Crippen LogP contribution < -0.4 is 15.4 Å². The Balaban J connectivity index is 2.11. The third-order valence-corrected chi connectivity index (χ3v) is 3.50. The fraction of sp³-hybridized carbons (Fsp3) is 0.211. The highest BCUT2D eigenvalue weighted by atomic mass is 19.1. The molecule has 0 radical (unpaired) electrons. The van der Waals surface area contributed by atoms with Gasteiger partial charge in [0.15, 0.2) is 6.10 Å². The Bertz CT molecular complexity index is 796. The van der Waals surface area contributed by atoms with Crippen molar-refractivity contribution in [3.05, 3.63) is 66.0 Å². The second-order valence-electron chi connectivity index (χ2n) is 5.51. The number of amides is 3. The Morgan fingerprint density at radius 3 is 2.22 bits per heavy atom. The predicted octanol–water partition coefficient (Wildman–Crippen LogP) is 2.33. The van der Waals surface area contributed by atoms with E-state index in [2.05, 4.69) is 10.6 Å². The lowest BCUT2D eigenvalue weighted by Crippen LogP contribution is -2.42. The first-order valence-corrected chi connectivity index (χ1v) is 8.11. The van der Waals surface area contributed by atoms with E-state index in [0.717, 1.165) is 0 Å². The first-order valence-electron chi connectivity index (χ1n) is 8.11. The van der Waals surface area contributed by atoms with Gasteiger partial charge in [0.2, 0.25) is 6.10 Å². The van der Waals surface area contributed by atoms with E-state index in [9.17, 15) is 18.8 Å². The van der Waals surface area contributed by atoms with Crippen LogP contribution in [0.2, 0.25) is 0 Å². The largest absolute Gasteiger partial charge is 0.479 e. The Morgan fingerprint density at radius 2 is 1.63 bits per heavy atom. The molecule has 0 aliphatic carbocycles. The molecule has 0 saturated heterocycles. The van der Waals surface area contributed by atoms with Gasteiger partial charge < -0.3 is 14.8 Å². The topological polar surface area (TPSA) is 93.7 Å². The molecule has 2 atom stereocenters. The lowest BCUT2D eigenvalue weighted by atomic mass is 10.1. The van der Waals surface area contributed by atoms with Gasteiger partial charge in [-0.25, -0.2) is 14.0 Å². The molecule has 2 rings (SSSR count). The zero-order valence-electron chi connectivity index (χ0n) is 14.8. The molecule has 0 heterocycles. The Kier molecular flexibility index (Phi) is 6.87. The quantitative estimate of drug-likeness (QED) is 0.757. The van der Waals surface area contributed by atoms with Gasteiger partial charge in [0.25, 0.3) is 5.91 Å². The SMILES string of the molecule is CNC(=O)NC(=O)[C@@H](OC(=O)[C@H](C)Oc1ccc(F)cc1)c1ccccc1. The van der Waals surface area contributed by atoms with Gasteiger partial charge in [-0.2, -0.15) is 0 Å². The normalized spacial score (nSPS) is 12.4. The van der Waals surface area contributed by atoms with E-state index in [-0.39, 0.29) is 5.75 Å². The highest BCUT2D eigenvalue weighted by molar-refractivity contribution is 5.97. The lowest BCUT2D eigenvalue weighted by Gasteiger charge is -2.20. The summed E-state index contributed by atoms with van der Waals surface area (Å²) in [7, 11) is 1.35. The molecular weight excluding hydrogens is 355 g/mol. The van der Waals surface area contributed by atoms with Crippen LogP contribution in [0, 0.1) is 5.82 Å². The standard InChI is InChI=1S/C19H19FN2O5/c1-12(26-15-10-8-14(20)9-11-15)18(24)27-16(13-6-4-3-5-7-13)17(23)22-19(25)21-2/h3-12,16H,1-2H3,(H2,21,22,23,25)/t12-,16-/m0/s1. The maximum absolute atomic E-state index is 12.9. The van der Waals surface area contributed by atoms with Crippen molar-refractivity contribution < 1.29 is 28.2 Å². The van der Waals surface area contributed by atoms with Crippen molar-refractivity contribution in [2.24, 2.45) is 0 Å². The average Bonchev–Trinajstić information content (AvgIpc) is 2.68. The maximum Gasteiger partial charge on any atom is 0.348 e. The number of nitrogens with one attached hydrogen (secondary N) is 2. The van der Waals surface area contributed by atoms with Gasteiger partial charge in [-0.05, 0) is 31.2 Å². The molecule has 7 nitrogen and oxygen atoms in total. The molecule has 0 saturated carbocycles. The molecule has 0 aliphatic heterocycles. The molecule has 0 fully saturated rings. The van der Waals surface area contributed by atoms with Crippen LogP contribution in [-0.2, 0) is 14.3 Å². The van der Waals surface area contributed by atoms with Crippen LogP contribution in [0.15, 0.2) is 54.6 Å². The van der Waals surface area contributed by atoms with Crippen LogP contribution in [0.25, 0.3) is 0 Å². The van der Waals surface area contributed by atoms with E-state index in [1.54, 1.807) is 30.3 Å². The zero-order chi connectivity index (χ0) is 19.8. The second-order valence-corrected chi connectivity index (χ2v) is 5.51. The summed E-state index contributed by atoms with van der Waals surface area (Å²) in [5.74, 6) is -1.79. The molecule has 2 N–H and O–H groups in total. The van der Waals surface area contributed by atoms with Gasteiger partial charge in [-0.1, -0.05) is 30.3 Å². The van der Waals surface area contributed by atoms with Crippen LogP contribution in [0.5, 0.6) is 5.75 Å². The van der Waals surface area contributed by atoms with Crippen LogP contribution in [0.4, 0.5) is 9.18 Å². The summed E-state index contributed by atoms with van der Waals surface area (Å²) in [6.07, 6.45) is -2.40. The van der Waals surface area contributed by atoms with Gasteiger partial charge in [0.05, 0.1) is 0 Å². The fourth-order valence-electron chi connectivity index (χ4n) is 2.12. The molecule has 2 aromatic carbocycles. The highest BCUT2D eigenvalue weighted by Crippen LogP contribution is 2.20. The smallest absolute Gasteiger partial charge is 0.348 e. The second kappa shape index (κ2) is 9.33. The van der Waals surface area contributed by atoms with Gasteiger partial charge in [-0.15, -0.1) is 0 Å². The van der Waals surface area contributed by atoms with E-state index >= 15 is 0 Å². The van der Waals surface area contributed by atoms with Gasteiger partial charge in [0, 0.05) is 12.6 Å². The minimum Gasteiger partial charge on any atom is -0.479 e. The maximum atomic E-state index is 12.9. The number of imide groups is 1. The number of carbonyl (C=O) groups is 3. The molecule has 2 aromatic rings. The summed E-state index contributed by atoms with van der Waals surface area (Å²) in [6.45, 7) is 1.43. The summed E-state index contributed by atoms with van der Waals surface area (Å²) >= 11 is 0. The Hall–Kier alpha value is -3.42. The molecule has 8 heteroatoms. The van der Waals surface area contributed by atoms with Crippen molar-refractivity contribution in [1.29, 1.82) is 0 Å². The van der Waals surface area contributed by atoms with Gasteiger partial charge >= 0.3 is 12.0 Å². The number of carbonyl (C=O) groups excluding carboxylic acids is 3. The third-order valence-electron chi connectivity index (χ3n) is 3.50. The summed E-state index contributed by atoms with van der Waals surface area (Å²) in [4.78, 5) is 36.1. The summed E-state index contributed by atoms with van der Waals surface area (Å²) < 4.78 is 23.6. The predicted molar refractivity (Wildman–Crippen MR) is 94.4 cm³/mol. The van der Waals surface area contributed by atoms with Crippen molar-refractivity contribution in [2.75, 3.05) is 7.05 Å². The van der Waals surface area contributed by atoms with Crippen LogP contribution >= 0.6 is 0 Å². The third kappa shape index (κ3) is 5.81. The molecule has 0 aromatic heterocycles. The Morgan fingerprint density at radius 1 is 1.00 bits per heavy atom. The Labute approximate surface area is 155 Å². The number of rotatable bonds is 6.